The lowest BCUT2D eigenvalue weighted by Gasteiger charge is -2.23. The van der Waals surface area contributed by atoms with Gasteiger partial charge in [-0.3, -0.25) is 0 Å². The minimum atomic E-state index is 0.609. The summed E-state index contributed by atoms with van der Waals surface area (Å²) in [4.78, 5) is 0. The van der Waals surface area contributed by atoms with Crippen LogP contribution in [0, 0.1) is 0 Å². The van der Waals surface area contributed by atoms with E-state index in [0.717, 1.165) is 25.0 Å². The van der Waals surface area contributed by atoms with E-state index in [1.807, 2.05) is 11.8 Å². The summed E-state index contributed by atoms with van der Waals surface area (Å²) in [6.45, 7) is 4.87. The van der Waals surface area contributed by atoms with Crippen molar-refractivity contribution in [3.05, 3.63) is 0 Å². The first-order chi connectivity index (χ1) is 5.33. The van der Waals surface area contributed by atoms with Crippen LogP contribution in [0.15, 0.2) is 0 Å². The fourth-order valence-electron chi connectivity index (χ4n) is 1.20. The molecule has 1 saturated heterocycles. The third-order valence-electron chi connectivity index (χ3n) is 1.93. The van der Waals surface area contributed by atoms with E-state index in [2.05, 4.69) is 6.92 Å². The first-order valence-corrected chi connectivity index (χ1v) is 5.20. The maximum atomic E-state index is 5.54. The molecule has 1 rings (SSSR count). The second-order valence-electron chi connectivity index (χ2n) is 2.99. The zero-order valence-corrected chi connectivity index (χ0v) is 7.90. The molecule has 1 aliphatic heterocycles. The van der Waals surface area contributed by atoms with Gasteiger partial charge in [0.1, 0.15) is 0 Å². The van der Waals surface area contributed by atoms with Gasteiger partial charge >= 0.3 is 0 Å². The summed E-state index contributed by atoms with van der Waals surface area (Å²) in [6, 6.07) is 0. The van der Waals surface area contributed by atoms with Crippen molar-refractivity contribution in [3.8, 4) is 0 Å². The topological polar surface area (TPSA) is 35.2 Å². The molecule has 66 valence electrons. The third-order valence-corrected chi connectivity index (χ3v) is 3.44. The Morgan fingerprint density at radius 1 is 1.55 bits per heavy atom. The van der Waals surface area contributed by atoms with E-state index in [-0.39, 0.29) is 0 Å². The Morgan fingerprint density at radius 2 is 2.18 bits per heavy atom. The van der Waals surface area contributed by atoms with Crippen LogP contribution < -0.4 is 5.73 Å². The van der Waals surface area contributed by atoms with E-state index in [1.165, 1.54) is 12.8 Å². The van der Waals surface area contributed by atoms with Crippen LogP contribution in [0.4, 0.5) is 0 Å². The summed E-state index contributed by atoms with van der Waals surface area (Å²) in [5.74, 6) is 0. The summed E-state index contributed by atoms with van der Waals surface area (Å²) in [5.41, 5.74) is 5.54. The van der Waals surface area contributed by atoms with Gasteiger partial charge in [0, 0.05) is 30.3 Å². The second-order valence-corrected chi connectivity index (χ2v) is 4.74. The van der Waals surface area contributed by atoms with Crippen molar-refractivity contribution in [2.45, 2.75) is 30.3 Å². The minimum Gasteiger partial charge on any atom is -0.381 e. The molecule has 1 fully saturated rings. The summed E-state index contributed by atoms with van der Waals surface area (Å²) in [6.07, 6.45) is 2.41. The van der Waals surface area contributed by atoms with Crippen LogP contribution in [0.5, 0.6) is 0 Å². The molecule has 0 aliphatic carbocycles. The summed E-state index contributed by atoms with van der Waals surface area (Å²) in [5, 5.41) is 1.40. The molecular formula is C8H17NOS. The van der Waals surface area contributed by atoms with Crippen LogP contribution in [0.25, 0.3) is 0 Å². The Hall–Kier alpha value is 0.270. The lowest BCUT2D eigenvalue weighted by atomic mass is 10.2. The van der Waals surface area contributed by atoms with Crippen LogP contribution in [-0.4, -0.2) is 30.3 Å². The molecule has 0 bridgehead atoms. The summed E-state index contributed by atoms with van der Waals surface area (Å²) < 4.78 is 5.27. The first kappa shape index (κ1) is 9.36. The van der Waals surface area contributed by atoms with E-state index < -0.39 is 0 Å². The lowest BCUT2D eigenvalue weighted by Crippen LogP contribution is -2.22. The molecule has 0 spiro atoms. The van der Waals surface area contributed by atoms with Crippen LogP contribution >= 0.6 is 11.8 Å². The Kier molecular flexibility index (Phi) is 4.26. The zero-order valence-electron chi connectivity index (χ0n) is 7.08. The van der Waals surface area contributed by atoms with Crippen LogP contribution in [0.2, 0.25) is 0 Å². The fraction of sp³-hybridized carbons (Fsp3) is 1.00. The lowest BCUT2D eigenvalue weighted by molar-refractivity contribution is 0.0999. The highest BCUT2D eigenvalue weighted by molar-refractivity contribution is 8.00. The van der Waals surface area contributed by atoms with Crippen molar-refractivity contribution >= 4 is 11.8 Å². The molecular weight excluding hydrogens is 158 g/mol. The fourth-order valence-corrected chi connectivity index (χ4v) is 2.43. The summed E-state index contributed by atoms with van der Waals surface area (Å²) >= 11 is 2.02. The average molecular weight is 175 g/mol. The van der Waals surface area contributed by atoms with Crippen molar-refractivity contribution in [1.29, 1.82) is 0 Å². The molecule has 2 nitrogen and oxygen atoms in total. The smallest absolute Gasteiger partial charge is 0.0476 e. The Bertz CT molecular complexity index is 104. The van der Waals surface area contributed by atoms with Crippen molar-refractivity contribution in [1.82, 2.24) is 0 Å². The quantitative estimate of drug-likeness (QED) is 0.701. The Balaban J connectivity index is 2.13. The van der Waals surface area contributed by atoms with E-state index in [1.54, 1.807) is 0 Å². The van der Waals surface area contributed by atoms with Gasteiger partial charge in [-0.15, -0.1) is 0 Å². The second kappa shape index (κ2) is 5.01. The van der Waals surface area contributed by atoms with Crippen molar-refractivity contribution in [2.24, 2.45) is 5.73 Å². The minimum absolute atomic E-state index is 0.609. The van der Waals surface area contributed by atoms with Gasteiger partial charge < -0.3 is 10.5 Å². The largest absolute Gasteiger partial charge is 0.381 e. The molecule has 0 aromatic carbocycles. The predicted octanol–water partition coefficient (Wildman–Crippen LogP) is 1.25. The number of nitrogens with two attached hydrogens (primary N) is 1. The Morgan fingerprint density at radius 3 is 2.73 bits per heavy atom. The maximum Gasteiger partial charge on any atom is 0.0476 e. The van der Waals surface area contributed by atoms with Gasteiger partial charge in [-0.25, -0.2) is 0 Å². The van der Waals surface area contributed by atoms with Gasteiger partial charge in [0.05, 0.1) is 0 Å². The number of rotatable bonds is 3. The van der Waals surface area contributed by atoms with Crippen LogP contribution in [-0.2, 0) is 4.74 Å². The van der Waals surface area contributed by atoms with Crippen molar-refractivity contribution in [3.63, 3.8) is 0 Å². The third kappa shape index (κ3) is 3.45. The number of ether oxygens (including phenoxy) is 1. The molecule has 0 amide bonds. The molecule has 0 radical (unpaired) electrons. The first-order valence-electron chi connectivity index (χ1n) is 4.26. The van der Waals surface area contributed by atoms with Gasteiger partial charge in [-0.2, -0.15) is 11.8 Å². The van der Waals surface area contributed by atoms with Gasteiger partial charge in [-0.05, 0) is 12.8 Å². The molecule has 1 aliphatic rings. The van der Waals surface area contributed by atoms with Gasteiger partial charge in [-0.1, -0.05) is 6.92 Å². The van der Waals surface area contributed by atoms with E-state index >= 15 is 0 Å². The normalized spacial score (nSPS) is 23.5. The van der Waals surface area contributed by atoms with E-state index in [9.17, 15) is 0 Å². The SMILES string of the molecule is CC(CN)SC1CCOCC1. The molecule has 11 heavy (non-hydrogen) atoms. The Labute approximate surface area is 72.9 Å². The van der Waals surface area contributed by atoms with Crippen molar-refractivity contribution < 1.29 is 4.74 Å². The van der Waals surface area contributed by atoms with Gasteiger partial charge in [0.2, 0.25) is 0 Å². The highest BCUT2D eigenvalue weighted by Gasteiger charge is 2.16. The standard InChI is InChI=1S/C8H17NOS/c1-7(6-9)11-8-2-4-10-5-3-8/h7-8H,2-6,9H2,1H3. The summed E-state index contributed by atoms with van der Waals surface area (Å²) in [7, 11) is 0. The van der Waals surface area contributed by atoms with Gasteiger partial charge in [0.25, 0.3) is 0 Å². The average Bonchev–Trinajstić information content (AvgIpc) is 2.06. The number of hydrogen-bond acceptors (Lipinski definition) is 3. The van der Waals surface area contributed by atoms with Crippen LogP contribution in [0.1, 0.15) is 19.8 Å². The van der Waals surface area contributed by atoms with Gasteiger partial charge in [0.15, 0.2) is 0 Å². The number of hydrogen-bond donors (Lipinski definition) is 1. The monoisotopic (exact) mass is 175 g/mol. The molecule has 2 N–H and O–H groups in total. The maximum absolute atomic E-state index is 5.54. The molecule has 0 saturated carbocycles. The molecule has 1 atom stereocenters. The molecule has 0 aromatic heterocycles. The number of thioether (sulfide) groups is 1. The highest BCUT2D eigenvalue weighted by Crippen LogP contribution is 2.25. The molecule has 1 unspecified atom stereocenters. The molecule has 1 heterocycles. The van der Waals surface area contributed by atoms with Crippen molar-refractivity contribution in [2.75, 3.05) is 19.8 Å². The molecule has 0 aromatic rings. The highest BCUT2D eigenvalue weighted by atomic mass is 32.2. The predicted molar refractivity (Wildman–Crippen MR) is 49.9 cm³/mol. The van der Waals surface area contributed by atoms with E-state index in [4.69, 9.17) is 10.5 Å². The van der Waals surface area contributed by atoms with E-state index in [0.29, 0.717) is 5.25 Å². The van der Waals surface area contributed by atoms with Crippen LogP contribution in [0.3, 0.4) is 0 Å². The zero-order chi connectivity index (χ0) is 8.10. The molecule has 3 heteroatoms.